The lowest BCUT2D eigenvalue weighted by Gasteiger charge is -2.19. The van der Waals surface area contributed by atoms with Gasteiger partial charge in [-0.15, -0.1) is 0 Å². The van der Waals surface area contributed by atoms with E-state index < -0.39 is 11.6 Å². The van der Waals surface area contributed by atoms with Gasteiger partial charge in [-0.2, -0.15) is 0 Å². The Hall–Kier alpha value is -1.20. The van der Waals surface area contributed by atoms with Crippen LogP contribution in [-0.4, -0.2) is 24.8 Å². The summed E-state index contributed by atoms with van der Waals surface area (Å²) in [7, 11) is 0. The molecular weight excluding hydrogens is 226 g/mol. The van der Waals surface area contributed by atoms with E-state index in [0.717, 1.165) is 38.1 Å². The van der Waals surface area contributed by atoms with E-state index in [0.29, 0.717) is 12.5 Å². The van der Waals surface area contributed by atoms with Gasteiger partial charge in [-0.1, -0.05) is 0 Å². The van der Waals surface area contributed by atoms with E-state index in [4.69, 9.17) is 10.8 Å². The lowest BCUT2D eigenvalue weighted by atomic mass is 10.00. The van der Waals surface area contributed by atoms with Crippen LogP contribution in [-0.2, 0) is 0 Å². The van der Waals surface area contributed by atoms with E-state index >= 15 is 0 Å². The fraction of sp³-hybridized carbons (Fsp3) is 0.500. The minimum Gasteiger partial charge on any atom is -0.399 e. The molecule has 2 rings (SSSR count). The van der Waals surface area contributed by atoms with E-state index in [1.54, 1.807) is 0 Å². The molecule has 0 aromatic heterocycles. The van der Waals surface area contributed by atoms with Gasteiger partial charge in [-0.05, 0) is 50.0 Å². The highest BCUT2D eigenvalue weighted by atomic mass is 19.2. The van der Waals surface area contributed by atoms with Gasteiger partial charge in [-0.3, -0.25) is 0 Å². The molecule has 5 heteroatoms. The quantitative estimate of drug-likeness (QED) is 0.656. The third kappa shape index (κ3) is 5.10. The summed E-state index contributed by atoms with van der Waals surface area (Å²) in [5, 5.41) is 11.9. The predicted octanol–water partition coefficient (Wildman–Crippen LogP) is 1.53. The maximum atomic E-state index is 12.1. The Morgan fingerprint density at radius 3 is 2.29 bits per heavy atom. The fourth-order valence-corrected chi connectivity index (χ4v) is 1.58. The maximum Gasteiger partial charge on any atom is 0.160 e. The summed E-state index contributed by atoms with van der Waals surface area (Å²) in [5.74, 6) is -1.20. The van der Waals surface area contributed by atoms with Crippen LogP contribution in [0.2, 0.25) is 0 Å². The number of anilines is 1. The summed E-state index contributed by atoms with van der Waals surface area (Å²) in [6.45, 7) is 2.55. The van der Waals surface area contributed by atoms with Gasteiger partial charge >= 0.3 is 0 Å². The van der Waals surface area contributed by atoms with Gasteiger partial charge in [0.15, 0.2) is 11.6 Å². The number of nitrogens with two attached hydrogens (primary N) is 1. The van der Waals surface area contributed by atoms with Gasteiger partial charge in [0.1, 0.15) is 0 Å². The number of aliphatic hydroxyl groups is 1. The number of hydrogen-bond donors (Lipinski definition) is 3. The van der Waals surface area contributed by atoms with Crippen LogP contribution in [0.25, 0.3) is 0 Å². The molecule has 0 atom stereocenters. The van der Waals surface area contributed by atoms with Gasteiger partial charge in [-0.25, -0.2) is 8.78 Å². The Morgan fingerprint density at radius 1 is 1.24 bits per heavy atom. The minimum atomic E-state index is -0.907. The van der Waals surface area contributed by atoms with E-state index in [9.17, 15) is 8.78 Å². The van der Waals surface area contributed by atoms with Gasteiger partial charge in [0.05, 0.1) is 0 Å². The second-order valence-corrected chi connectivity index (χ2v) is 4.05. The van der Waals surface area contributed by atoms with Crippen LogP contribution in [0.3, 0.4) is 0 Å². The monoisotopic (exact) mass is 244 g/mol. The Kier molecular flexibility index (Phi) is 5.86. The zero-order valence-corrected chi connectivity index (χ0v) is 9.63. The summed E-state index contributed by atoms with van der Waals surface area (Å²) in [4.78, 5) is 0. The molecule has 0 bridgehead atoms. The van der Waals surface area contributed by atoms with Gasteiger partial charge < -0.3 is 16.2 Å². The van der Waals surface area contributed by atoms with Crippen LogP contribution >= 0.6 is 0 Å². The highest BCUT2D eigenvalue weighted by molar-refractivity contribution is 5.37. The first-order valence-electron chi connectivity index (χ1n) is 5.65. The zero-order valence-electron chi connectivity index (χ0n) is 9.63. The van der Waals surface area contributed by atoms with Crippen LogP contribution in [0.15, 0.2) is 18.2 Å². The van der Waals surface area contributed by atoms with E-state index in [1.807, 2.05) is 0 Å². The number of piperidine rings is 1. The van der Waals surface area contributed by atoms with Crippen LogP contribution in [0.5, 0.6) is 0 Å². The molecule has 0 saturated carbocycles. The lowest BCUT2D eigenvalue weighted by molar-refractivity contribution is 0.196. The molecule has 0 amide bonds. The fourth-order valence-electron chi connectivity index (χ4n) is 1.58. The summed E-state index contributed by atoms with van der Waals surface area (Å²) < 4.78 is 24.2. The Labute approximate surface area is 99.6 Å². The number of nitrogen functional groups attached to an aromatic ring is 1. The van der Waals surface area contributed by atoms with E-state index in [2.05, 4.69) is 5.32 Å². The summed E-state index contributed by atoms with van der Waals surface area (Å²) in [6, 6.07) is 3.23. The molecule has 0 unspecified atom stereocenters. The first kappa shape index (κ1) is 13.9. The maximum absolute atomic E-state index is 12.1. The molecule has 1 fully saturated rings. The van der Waals surface area contributed by atoms with Crippen LogP contribution in [0.1, 0.15) is 12.8 Å². The number of rotatable bonds is 1. The van der Waals surface area contributed by atoms with Crippen LogP contribution in [0.4, 0.5) is 14.5 Å². The second kappa shape index (κ2) is 7.19. The van der Waals surface area contributed by atoms with Crippen molar-refractivity contribution >= 4 is 5.69 Å². The van der Waals surface area contributed by atoms with Gasteiger partial charge in [0.25, 0.3) is 0 Å². The second-order valence-electron chi connectivity index (χ2n) is 4.05. The first-order valence-corrected chi connectivity index (χ1v) is 5.65. The van der Waals surface area contributed by atoms with Crippen molar-refractivity contribution in [3.8, 4) is 0 Å². The van der Waals surface area contributed by atoms with Crippen molar-refractivity contribution in [1.29, 1.82) is 0 Å². The Bertz CT molecular complexity index is 341. The van der Waals surface area contributed by atoms with Crippen molar-refractivity contribution in [2.45, 2.75) is 12.8 Å². The molecule has 1 aromatic rings. The van der Waals surface area contributed by atoms with Crippen LogP contribution in [0, 0.1) is 17.6 Å². The normalized spacial score (nSPS) is 16.2. The molecular formula is C12H18F2N2O. The number of benzene rings is 1. The molecule has 1 aliphatic heterocycles. The number of hydrogen-bond acceptors (Lipinski definition) is 3. The number of aliphatic hydroxyl groups excluding tert-OH is 1. The van der Waals surface area contributed by atoms with Crippen LogP contribution < -0.4 is 11.1 Å². The van der Waals surface area contributed by atoms with Crippen molar-refractivity contribution in [3.63, 3.8) is 0 Å². The number of halogens is 2. The largest absolute Gasteiger partial charge is 0.399 e. The Balaban J connectivity index is 0.000000171. The molecule has 1 aromatic carbocycles. The van der Waals surface area contributed by atoms with Crippen molar-refractivity contribution in [1.82, 2.24) is 5.32 Å². The van der Waals surface area contributed by atoms with Crippen molar-refractivity contribution in [3.05, 3.63) is 29.8 Å². The van der Waals surface area contributed by atoms with E-state index in [-0.39, 0.29) is 5.69 Å². The first-order chi connectivity index (χ1) is 8.13. The predicted molar refractivity (Wildman–Crippen MR) is 63.4 cm³/mol. The van der Waals surface area contributed by atoms with Gasteiger partial charge in [0.2, 0.25) is 0 Å². The van der Waals surface area contributed by atoms with Gasteiger partial charge in [0, 0.05) is 12.3 Å². The highest BCUT2D eigenvalue weighted by Gasteiger charge is 2.10. The summed E-state index contributed by atoms with van der Waals surface area (Å²) >= 11 is 0. The SMILES string of the molecule is Nc1ccc(F)c(F)c1.OCC1CCNCC1. The molecule has 0 aliphatic carbocycles. The zero-order chi connectivity index (χ0) is 12.7. The molecule has 1 aliphatic rings. The van der Waals surface area contributed by atoms with Crippen molar-refractivity contribution < 1.29 is 13.9 Å². The van der Waals surface area contributed by atoms with Crippen molar-refractivity contribution in [2.24, 2.45) is 5.92 Å². The summed E-state index contributed by atoms with van der Waals surface area (Å²) in [5.41, 5.74) is 5.35. The lowest BCUT2D eigenvalue weighted by Crippen LogP contribution is -2.29. The third-order valence-corrected chi connectivity index (χ3v) is 2.66. The molecule has 1 saturated heterocycles. The standard InChI is InChI=1S/C6H5F2N.C6H13NO/c7-5-2-1-4(9)3-6(5)8;8-5-6-1-3-7-4-2-6/h1-3H,9H2;6-8H,1-5H2. The molecule has 0 radical (unpaired) electrons. The molecule has 17 heavy (non-hydrogen) atoms. The topological polar surface area (TPSA) is 58.3 Å². The average Bonchev–Trinajstić information content (AvgIpc) is 2.36. The average molecular weight is 244 g/mol. The minimum absolute atomic E-state index is 0.230. The molecule has 4 N–H and O–H groups in total. The summed E-state index contributed by atoms with van der Waals surface area (Å²) in [6.07, 6.45) is 2.30. The smallest absolute Gasteiger partial charge is 0.160 e. The number of nitrogens with one attached hydrogen (secondary N) is 1. The molecule has 96 valence electrons. The highest BCUT2D eigenvalue weighted by Crippen LogP contribution is 2.09. The molecule has 0 spiro atoms. The van der Waals surface area contributed by atoms with Crippen molar-refractivity contribution in [2.75, 3.05) is 25.4 Å². The third-order valence-electron chi connectivity index (χ3n) is 2.66. The Morgan fingerprint density at radius 2 is 1.88 bits per heavy atom. The molecule has 3 nitrogen and oxygen atoms in total. The van der Waals surface area contributed by atoms with E-state index in [1.165, 1.54) is 6.07 Å². The molecule has 1 heterocycles.